The van der Waals surface area contributed by atoms with Gasteiger partial charge in [-0.3, -0.25) is 0 Å². The number of carbonyl (C=O) groups is 1. The summed E-state index contributed by atoms with van der Waals surface area (Å²) in [6, 6.07) is 0. The Hall–Kier alpha value is -0.730. The largest absolute Gasteiger partial charge is 0.509 e. The maximum absolute atomic E-state index is 12.1. The minimum absolute atomic E-state index is 0.0412. The van der Waals surface area contributed by atoms with Crippen molar-refractivity contribution in [3.8, 4) is 0 Å². The molecule has 0 amide bonds. The van der Waals surface area contributed by atoms with Gasteiger partial charge >= 0.3 is 6.16 Å². The quantitative estimate of drug-likeness (QED) is 0.696. The molecule has 1 atom stereocenters. The molecule has 4 saturated carbocycles. The number of hydrogen-bond acceptors (Lipinski definition) is 3. The topological polar surface area (TPSA) is 35.5 Å². The summed E-state index contributed by atoms with van der Waals surface area (Å²) in [5.41, 5.74) is -0.232. The monoisotopic (exact) mass is 280 g/mol. The molecule has 0 N–H and O–H groups in total. The van der Waals surface area contributed by atoms with Crippen LogP contribution in [0.4, 0.5) is 4.79 Å². The highest BCUT2D eigenvalue weighted by Gasteiger charge is 2.53. The van der Waals surface area contributed by atoms with Crippen LogP contribution < -0.4 is 0 Å². The summed E-state index contributed by atoms with van der Waals surface area (Å²) in [6.07, 6.45) is 6.70. The maximum atomic E-state index is 12.1. The second-order valence-corrected chi connectivity index (χ2v) is 8.58. The van der Waals surface area contributed by atoms with Crippen LogP contribution in [0.1, 0.15) is 66.2 Å². The van der Waals surface area contributed by atoms with Crippen LogP contribution in [0.3, 0.4) is 0 Å². The lowest BCUT2D eigenvalue weighted by Crippen LogP contribution is -2.53. The highest BCUT2D eigenvalue weighted by atomic mass is 16.7. The zero-order valence-electron chi connectivity index (χ0n) is 13.3. The molecule has 1 unspecified atom stereocenters. The Morgan fingerprint density at radius 2 is 1.50 bits per heavy atom. The molecule has 0 aromatic carbocycles. The summed E-state index contributed by atoms with van der Waals surface area (Å²) in [6.45, 7) is 8.18. The van der Waals surface area contributed by atoms with E-state index in [9.17, 15) is 4.79 Å². The van der Waals surface area contributed by atoms with Gasteiger partial charge in [0.15, 0.2) is 0 Å². The van der Waals surface area contributed by atoms with Crippen LogP contribution in [-0.2, 0) is 9.47 Å². The standard InChI is InChI=1S/C17H28O3/c1-11(16(2,3)4)19-15(18)20-17-8-12-5-13(9-17)7-14(6-12)10-17/h11-14H,5-10H2,1-4H3. The third-order valence-electron chi connectivity index (χ3n) is 5.77. The molecule has 3 heteroatoms. The first-order chi connectivity index (χ1) is 9.26. The molecular weight excluding hydrogens is 252 g/mol. The van der Waals surface area contributed by atoms with Gasteiger partial charge in [0.25, 0.3) is 0 Å². The molecule has 4 fully saturated rings. The van der Waals surface area contributed by atoms with Crippen molar-refractivity contribution in [1.29, 1.82) is 0 Å². The Labute approximate surface area is 122 Å². The molecule has 0 saturated heterocycles. The molecule has 3 nitrogen and oxygen atoms in total. The summed E-state index contributed by atoms with van der Waals surface area (Å²) < 4.78 is 11.3. The molecule has 114 valence electrons. The summed E-state index contributed by atoms with van der Waals surface area (Å²) in [4.78, 5) is 12.1. The second kappa shape index (κ2) is 4.64. The van der Waals surface area contributed by atoms with Crippen LogP contribution in [0.15, 0.2) is 0 Å². The molecular formula is C17H28O3. The SMILES string of the molecule is CC(OC(=O)OC12CC3CC(CC(C3)C1)C2)C(C)(C)C. The van der Waals surface area contributed by atoms with Crippen LogP contribution in [0.5, 0.6) is 0 Å². The van der Waals surface area contributed by atoms with Gasteiger partial charge in [0.05, 0.1) is 0 Å². The predicted molar refractivity (Wildman–Crippen MR) is 77.4 cm³/mol. The lowest BCUT2D eigenvalue weighted by atomic mass is 9.54. The van der Waals surface area contributed by atoms with E-state index >= 15 is 0 Å². The number of rotatable bonds is 2. The van der Waals surface area contributed by atoms with E-state index in [1.807, 2.05) is 6.92 Å². The molecule has 4 aliphatic rings. The average molecular weight is 280 g/mol. The van der Waals surface area contributed by atoms with Crippen molar-refractivity contribution >= 4 is 6.16 Å². The van der Waals surface area contributed by atoms with E-state index in [1.54, 1.807) is 0 Å². The summed E-state index contributed by atoms with van der Waals surface area (Å²) in [5.74, 6) is 2.36. The minimum Gasteiger partial charge on any atom is -0.431 e. The molecule has 20 heavy (non-hydrogen) atoms. The highest BCUT2D eigenvalue weighted by molar-refractivity contribution is 5.61. The van der Waals surface area contributed by atoms with Crippen molar-refractivity contribution in [3.05, 3.63) is 0 Å². The Balaban J connectivity index is 1.61. The average Bonchev–Trinajstić information content (AvgIpc) is 2.23. The van der Waals surface area contributed by atoms with Crippen LogP contribution in [0.2, 0.25) is 0 Å². The Bertz CT molecular complexity index is 358. The van der Waals surface area contributed by atoms with Gasteiger partial charge in [-0.25, -0.2) is 4.79 Å². The van der Waals surface area contributed by atoms with E-state index in [1.165, 1.54) is 19.3 Å². The zero-order chi connectivity index (χ0) is 14.5. The minimum atomic E-state index is -0.450. The van der Waals surface area contributed by atoms with E-state index in [4.69, 9.17) is 9.47 Å². The first kappa shape index (κ1) is 14.2. The van der Waals surface area contributed by atoms with E-state index in [2.05, 4.69) is 20.8 Å². The fraction of sp³-hybridized carbons (Fsp3) is 0.941. The first-order valence-corrected chi connectivity index (χ1v) is 8.15. The lowest BCUT2D eigenvalue weighted by Gasteiger charge is -2.55. The smallest absolute Gasteiger partial charge is 0.431 e. The fourth-order valence-electron chi connectivity index (χ4n) is 4.68. The first-order valence-electron chi connectivity index (χ1n) is 8.15. The zero-order valence-corrected chi connectivity index (χ0v) is 13.3. The molecule has 0 spiro atoms. The van der Waals surface area contributed by atoms with Crippen LogP contribution in [-0.4, -0.2) is 17.9 Å². The molecule has 0 radical (unpaired) electrons. The van der Waals surface area contributed by atoms with E-state index in [-0.39, 0.29) is 17.1 Å². The molecule has 0 aromatic heterocycles. The molecule has 0 aliphatic heterocycles. The second-order valence-electron chi connectivity index (χ2n) is 8.58. The summed E-state index contributed by atoms with van der Waals surface area (Å²) >= 11 is 0. The van der Waals surface area contributed by atoms with Gasteiger partial charge in [0, 0.05) is 0 Å². The predicted octanol–water partition coefficient (Wildman–Crippen LogP) is 4.54. The van der Waals surface area contributed by atoms with Crippen LogP contribution in [0, 0.1) is 23.2 Å². The van der Waals surface area contributed by atoms with E-state index in [0.29, 0.717) is 0 Å². The van der Waals surface area contributed by atoms with E-state index < -0.39 is 6.16 Å². The van der Waals surface area contributed by atoms with Gasteiger partial charge in [-0.2, -0.15) is 0 Å². The van der Waals surface area contributed by atoms with Gasteiger partial charge < -0.3 is 9.47 Å². The number of carbonyl (C=O) groups excluding carboxylic acids is 1. The van der Waals surface area contributed by atoms with E-state index in [0.717, 1.165) is 37.0 Å². The molecule has 4 rings (SSSR count). The number of ether oxygens (including phenoxy) is 2. The Kier molecular flexibility index (Phi) is 3.30. The fourth-order valence-corrected chi connectivity index (χ4v) is 4.68. The highest BCUT2D eigenvalue weighted by Crippen LogP contribution is 2.57. The Morgan fingerprint density at radius 1 is 1.05 bits per heavy atom. The van der Waals surface area contributed by atoms with Gasteiger partial charge in [-0.05, 0) is 68.6 Å². The molecule has 4 aliphatic carbocycles. The number of hydrogen-bond donors (Lipinski definition) is 0. The summed E-state index contributed by atoms with van der Waals surface area (Å²) in [7, 11) is 0. The lowest BCUT2D eigenvalue weighted by molar-refractivity contribution is -0.149. The molecule has 0 heterocycles. The molecule has 4 bridgehead atoms. The van der Waals surface area contributed by atoms with Crippen molar-refractivity contribution in [2.45, 2.75) is 77.9 Å². The van der Waals surface area contributed by atoms with Crippen LogP contribution in [0.25, 0.3) is 0 Å². The van der Waals surface area contributed by atoms with Crippen molar-refractivity contribution in [2.75, 3.05) is 0 Å². The third kappa shape index (κ3) is 2.68. The van der Waals surface area contributed by atoms with Gasteiger partial charge in [0.2, 0.25) is 0 Å². The van der Waals surface area contributed by atoms with Gasteiger partial charge in [0.1, 0.15) is 11.7 Å². The Morgan fingerprint density at radius 3 is 1.90 bits per heavy atom. The van der Waals surface area contributed by atoms with Crippen LogP contribution >= 0.6 is 0 Å². The van der Waals surface area contributed by atoms with Gasteiger partial charge in [-0.15, -0.1) is 0 Å². The maximum Gasteiger partial charge on any atom is 0.509 e. The summed E-state index contributed by atoms with van der Waals surface area (Å²) in [5, 5.41) is 0. The molecule has 0 aromatic rings. The van der Waals surface area contributed by atoms with Crippen molar-refractivity contribution in [2.24, 2.45) is 23.2 Å². The van der Waals surface area contributed by atoms with Crippen molar-refractivity contribution < 1.29 is 14.3 Å². The van der Waals surface area contributed by atoms with Gasteiger partial charge in [-0.1, -0.05) is 20.8 Å². The van der Waals surface area contributed by atoms with Crippen molar-refractivity contribution in [1.82, 2.24) is 0 Å². The third-order valence-corrected chi connectivity index (χ3v) is 5.77. The normalized spacial score (nSPS) is 40.5. The van der Waals surface area contributed by atoms with Crippen molar-refractivity contribution in [3.63, 3.8) is 0 Å².